The number of carbonyl (C=O) groups excluding carboxylic acids is 1. The van der Waals surface area contributed by atoms with Gasteiger partial charge in [-0.3, -0.25) is 0 Å². The van der Waals surface area contributed by atoms with Crippen molar-refractivity contribution in [1.82, 2.24) is 0 Å². The van der Waals surface area contributed by atoms with E-state index in [9.17, 15) is 23.1 Å². The summed E-state index contributed by atoms with van der Waals surface area (Å²) in [7, 11) is 1.10. The largest absolute Gasteiger partial charge is 0.489 e. The highest BCUT2D eigenvalue weighted by Crippen LogP contribution is 2.42. The molecule has 4 nitrogen and oxygen atoms in total. The summed E-state index contributed by atoms with van der Waals surface area (Å²) < 4.78 is 51.0. The highest BCUT2D eigenvalue weighted by atomic mass is 79.9. The molecule has 0 amide bonds. The Morgan fingerprint density at radius 2 is 1.56 bits per heavy atom. The summed E-state index contributed by atoms with van der Waals surface area (Å²) in [4.78, 5) is 12.6. The summed E-state index contributed by atoms with van der Waals surface area (Å²) in [6.45, 7) is 0.0909. The molecule has 0 spiro atoms. The minimum absolute atomic E-state index is 0.00694. The first-order valence-corrected chi connectivity index (χ1v) is 10.4. The molecule has 0 bridgehead atoms. The van der Waals surface area contributed by atoms with Crippen LogP contribution in [0.2, 0.25) is 0 Å². The molecule has 0 aliphatic heterocycles. The van der Waals surface area contributed by atoms with E-state index in [2.05, 4.69) is 15.9 Å². The molecule has 0 aromatic heterocycles. The van der Waals surface area contributed by atoms with Gasteiger partial charge in [-0.15, -0.1) is 0 Å². The van der Waals surface area contributed by atoms with Gasteiger partial charge in [-0.1, -0.05) is 60.7 Å². The molecule has 1 N–H and O–H groups in total. The van der Waals surface area contributed by atoms with Crippen LogP contribution < -0.4 is 4.74 Å². The first kappa shape index (κ1) is 23.8. The Balaban J connectivity index is 2.09. The molecule has 168 valence electrons. The molecule has 3 rings (SSSR count). The molecular weight excluding hydrogens is 489 g/mol. The zero-order valence-electron chi connectivity index (χ0n) is 17.0. The topological polar surface area (TPSA) is 55.8 Å². The van der Waals surface area contributed by atoms with Crippen LogP contribution >= 0.6 is 15.9 Å². The first-order valence-electron chi connectivity index (χ1n) is 9.58. The van der Waals surface area contributed by atoms with Gasteiger partial charge < -0.3 is 14.6 Å². The van der Waals surface area contributed by atoms with Crippen molar-refractivity contribution in [3.05, 3.63) is 99.5 Å². The highest BCUT2D eigenvalue weighted by molar-refractivity contribution is 9.10. The summed E-state index contributed by atoms with van der Waals surface area (Å²) in [6, 6.07) is 19.1. The number of methoxy groups -OCH3 is 1. The fourth-order valence-electron chi connectivity index (χ4n) is 3.29. The Kier molecular flexibility index (Phi) is 7.26. The molecule has 1 unspecified atom stereocenters. The Morgan fingerprint density at radius 3 is 2.12 bits per heavy atom. The minimum Gasteiger partial charge on any atom is -0.489 e. The summed E-state index contributed by atoms with van der Waals surface area (Å²) in [5, 5.41) is 11.3. The smallest absolute Gasteiger partial charge is 0.417 e. The zero-order chi connectivity index (χ0) is 23.4. The maximum atomic E-state index is 13.6. The standard InChI is InChI=1S/C24H20BrF3O4/c1-31-22(29)23(30,17-10-6-3-7-11-17)14-18-20(32-15-16-8-4-2-5-9-16)13-12-19(21(18)25)24(26,27)28/h2-13,30H,14-15H2,1H3. The third-order valence-corrected chi connectivity index (χ3v) is 5.86. The predicted molar refractivity (Wildman–Crippen MR) is 116 cm³/mol. The molecule has 0 aliphatic rings. The van der Waals surface area contributed by atoms with Crippen LogP contribution in [0.15, 0.2) is 77.3 Å². The molecule has 0 fully saturated rings. The molecular formula is C24H20BrF3O4. The molecule has 0 saturated heterocycles. The van der Waals surface area contributed by atoms with Crippen LogP contribution in [-0.2, 0) is 34.3 Å². The molecule has 3 aromatic carbocycles. The Hall–Kier alpha value is -2.84. The number of esters is 1. The quantitative estimate of drug-likeness (QED) is 0.419. The summed E-state index contributed by atoms with van der Waals surface area (Å²) in [5.74, 6) is -0.894. The molecule has 0 heterocycles. The van der Waals surface area contributed by atoms with Gasteiger partial charge in [0.05, 0.1) is 12.7 Å². The van der Waals surface area contributed by atoms with Crippen LogP contribution in [0.3, 0.4) is 0 Å². The van der Waals surface area contributed by atoms with Gasteiger partial charge in [0.2, 0.25) is 0 Å². The predicted octanol–water partition coefficient (Wildman–Crippen LogP) is 5.65. The molecule has 32 heavy (non-hydrogen) atoms. The Labute approximate surface area is 191 Å². The van der Waals surface area contributed by atoms with Crippen molar-refractivity contribution >= 4 is 21.9 Å². The molecule has 3 aromatic rings. The van der Waals surface area contributed by atoms with Gasteiger partial charge in [-0.25, -0.2) is 4.79 Å². The summed E-state index contributed by atoms with van der Waals surface area (Å²) in [5.41, 5.74) is -2.19. The number of hydrogen-bond acceptors (Lipinski definition) is 4. The highest BCUT2D eigenvalue weighted by Gasteiger charge is 2.42. The lowest BCUT2D eigenvalue weighted by Gasteiger charge is -2.28. The summed E-state index contributed by atoms with van der Waals surface area (Å²) in [6.07, 6.45) is -5.15. The maximum absolute atomic E-state index is 13.6. The van der Waals surface area contributed by atoms with E-state index in [1.807, 2.05) is 30.3 Å². The number of hydrogen-bond donors (Lipinski definition) is 1. The lowest BCUT2D eigenvalue weighted by molar-refractivity contribution is -0.163. The van der Waals surface area contributed by atoms with Crippen LogP contribution in [0.4, 0.5) is 13.2 Å². The van der Waals surface area contributed by atoms with Crippen LogP contribution in [0.1, 0.15) is 22.3 Å². The van der Waals surface area contributed by atoms with Crippen molar-refractivity contribution in [3.8, 4) is 5.75 Å². The van der Waals surface area contributed by atoms with Crippen LogP contribution in [0.5, 0.6) is 5.75 Å². The average molecular weight is 509 g/mol. The van der Waals surface area contributed by atoms with Crippen LogP contribution in [0, 0.1) is 0 Å². The summed E-state index contributed by atoms with van der Waals surface area (Å²) >= 11 is 3.03. The van der Waals surface area contributed by atoms with Gasteiger partial charge in [0.25, 0.3) is 0 Å². The Morgan fingerprint density at radius 1 is 0.969 bits per heavy atom. The van der Waals surface area contributed by atoms with E-state index in [0.29, 0.717) is 0 Å². The van der Waals surface area contributed by atoms with Gasteiger partial charge in [0, 0.05) is 16.5 Å². The van der Waals surface area contributed by atoms with Crippen molar-refractivity contribution in [2.45, 2.75) is 24.8 Å². The second-order valence-corrected chi connectivity index (χ2v) is 7.86. The van der Waals surface area contributed by atoms with E-state index in [1.165, 1.54) is 18.2 Å². The number of aliphatic hydroxyl groups is 1. The average Bonchev–Trinajstić information content (AvgIpc) is 2.79. The maximum Gasteiger partial charge on any atom is 0.417 e. The lowest BCUT2D eigenvalue weighted by Crippen LogP contribution is -2.39. The molecule has 0 aliphatic carbocycles. The van der Waals surface area contributed by atoms with Crippen molar-refractivity contribution in [1.29, 1.82) is 0 Å². The van der Waals surface area contributed by atoms with Crippen LogP contribution in [-0.4, -0.2) is 18.2 Å². The molecule has 1 atom stereocenters. The lowest BCUT2D eigenvalue weighted by atomic mass is 9.86. The second kappa shape index (κ2) is 9.75. The van der Waals surface area contributed by atoms with Crippen molar-refractivity contribution in [2.75, 3.05) is 7.11 Å². The number of rotatable bonds is 7. The van der Waals surface area contributed by atoms with Crippen LogP contribution in [0.25, 0.3) is 0 Å². The van der Waals surface area contributed by atoms with Crippen molar-refractivity contribution in [3.63, 3.8) is 0 Å². The van der Waals surface area contributed by atoms with E-state index < -0.39 is 29.7 Å². The normalized spacial score (nSPS) is 13.3. The van der Waals surface area contributed by atoms with Gasteiger partial charge >= 0.3 is 12.1 Å². The van der Waals surface area contributed by atoms with E-state index in [-0.39, 0.29) is 28.0 Å². The monoisotopic (exact) mass is 508 g/mol. The second-order valence-electron chi connectivity index (χ2n) is 7.07. The number of ether oxygens (including phenoxy) is 2. The third kappa shape index (κ3) is 5.14. The van der Waals surface area contributed by atoms with Gasteiger partial charge in [0.1, 0.15) is 12.4 Å². The number of benzene rings is 3. The van der Waals surface area contributed by atoms with E-state index in [4.69, 9.17) is 9.47 Å². The fraction of sp³-hybridized carbons (Fsp3) is 0.208. The number of halogens is 4. The first-order chi connectivity index (χ1) is 15.2. The molecule has 8 heteroatoms. The minimum atomic E-state index is -4.65. The number of alkyl halides is 3. The van der Waals surface area contributed by atoms with Gasteiger partial charge in [0.15, 0.2) is 5.60 Å². The molecule has 0 saturated carbocycles. The Bertz CT molecular complexity index is 1070. The number of carbonyl (C=O) groups is 1. The van der Waals surface area contributed by atoms with Crippen molar-refractivity contribution in [2.24, 2.45) is 0 Å². The molecule has 0 radical (unpaired) electrons. The van der Waals surface area contributed by atoms with E-state index in [0.717, 1.165) is 18.7 Å². The van der Waals surface area contributed by atoms with Gasteiger partial charge in [-0.05, 0) is 39.2 Å². The van der Waals surface area contributed by atoms with E-state index >= 15 is 0 Å². The SMILES string of the molecule is COC(=O)C(O)(Cc1c(OCc2ccccc2)ccc(C(F)(F)F)c1Br)c1ccccc1. The fourth-order valence-corrected chi connectivity index (χ4v) is 3.98. The third-order valence-electron chi connectivity index (χ3n) is 4.95. The van der Waals surface area contributed by atoms with E-state index in [1.54, 1.807) is 18.2 Å². The van der Waals surface area contributed by atoms with Crippen molar-refractivity contribution < 1.29 is 32.5 Å². The zero-order valence-corrected chi connectivity index (χ0v) is 18.6. The van der Waals surface area contributed by atoms with Gasteiger partial charge in [-0.2, -0.15) is 13.2 Å².